The highest BCUT2D eigenvalue weighted by Gasteiger charge is 2.15. The molecule has 1 saturated heterocycles. The monoisotopic (exact) mass is 316 g/mol. The fourth-order valence-electron chi connectivity index (χ4n) is 2.51. The lowest BCUT2D eigenvalue weighted by Gasteiger charge is -2.15. The van der Waals surface area contributed by atoms with Crippen LogP contribution in [0.4, 0.5) is 11.5 Å². The minimum absolute atomic E-state index is 0.272. The summed E-state index contributed by atoms with van der Waals surface area (Å²) in [6.45, 7) is 3.90. The van der Waals surface area contributed by atoms with Gasteiger partial charge in [0.15, 0.2) is 11.5 Å². The number of carbonyl (C=O) groups is 1. The number of hydrogen-bond acceptors (Lipinski definition) is 4. The van der Waals surface area contributed by atoms with Crippen molar-refractivity contribution in [3.8, 4) is 0 Å². The first-order chi connectivity index (χ1) is 10.6. The van der Waals surface area contributed by atoms with Crippen molar-refractivity contribution in [3.63, 3.8) is 0 Å². The molecule has 5 nitrogen and oxygen atoms in total. The fourth-order valence-corrected chi connectivity index (χ4v) is 2.74. The first-order valence-corrected chi connectivity index (χ1v) is 7.67. The summed E-state index contributed by atoms with van der Waals surface area (Å²) in [6.07, 6.45) is 2.36. The van der Waals surface area contributed by atoms with E-state index in [1.54, 1.807) is 24.3 Å². The molecule has 0 spiro atoms. The van der Waals surface area contributed by atoms with Crippen molar-refractivity contribution < 1.29 is 4.79 Å². The van der Waals surface area contributed by atoms with Crippen molar-refractivity contribution in [3.05, 3.63) is 46.6 Å². The van der Waals surface area contributed by atoms with Crippen molar-refractivity contribution in [1.29, 1.82) is 0 Å². The van der Waals surface area contributed by atoms with Crippen LogP contribution in [-0.4, -0.2) is 29.2 Å². The van der Waals surface area contributed by atoms with Gasteiger partial charge in [0.1, 0.15) is 0 Å². The van der Waals surface area contributed by atoms with E-state index in [0.717, 1.165) is 30.2 Å². The molecule has 22 heavy (non-hydrogen) atoms. The maximum absolute atomic E-state index is 12.2. The Labute approximate surface area is 134 Å². The maximum Gasteiger partial charge on any atom is 0.276 e. The minimum atomic E-state index is -0.272. The molecule has 0 saturated carbocycles. The molecule has 0 bridgehead atoms. The summed E-state index contributed by atoms with van der Waals surface area (Å²) in [5, 5.41) is 11.7. The number of benzene rings is 1. The van der Waals surface area contributed by atoms with Gasteiger partial charge < -0.3 is 10.2 Å². The third kappa shape index (κ3) is 3.20. The Morgan fingerprint density at radius 3 is 2.59 bits per heavy atom. The van der Waals surface area contributed by atoms with Gasteiger partial charge >= 0.3 is 0 Å². The van der Waals surface area contributed by atoms with Crippen molar-refractivity contribution in [2.45, 2.75) is 19.8 Å². The normalized spacial score (nSPS) is 14.2. The molecule has 6 heteroatoms. The zero-order valence-corrected chi connectivity index (χ0v) is 13.1. The van der Waals surface area contributed by atoms with E-state index in [1.165, 1.54) is 12.8 Å². The number of amides is 1. The molecule has 2 aromatic rings. The lowest BCUT2D eigenvalue weighted by Crippen LogP contribution is -2.21. The number of carbonyl (C=O) groups excluding carboxylic acids is 1. The predicted molar refractivity (Wildman–Crippen MR) is 87.6 cm³/mol. The second kappa shape index (κ2) is 6.32. The van der Waals surface area contributed by atoms with Crippen LogP contribution < -0.4 is 10.2 Å². The molecule has 1 amide bonds. The number of nitrogens with one attached hydrogen (secondary N) is 1. The van der Waals surface area contributed by atoms with Crippen LogP contribution in [0, 0.1) is 6.92 Å². The molecule has 114 valence electrons. The van der Waals surface area contributed by atoms with Gasteiger partial charge in [0.2, 0.25) is 0 Å². The van der Waals surface area contributed by atoms with E-state index in [-0.39, 0.29) is 5.91 Å². The van der Waals surface area contributed by atoms with Crippen LogP contribution in [0.5, 0.6) is 0 Å². The zero-order chi connectivity index (χ0) is 15.5. The van der Waals surface area contributed by atoms with E-state index in [2.05, 4.69) is 20.4 Å². The quantitative estimate of drug-likeness (QED) is 0.944. The van der Waals surface area contributed by atoms with E-state index in [4.69, 9.17) is 11.6 Å². The molecular weight excluding hydrogens is 300 g/mol. The SMILES string of the molecule is Cc1cc(Cl)ccc1NC(=O)c1ccc(N2CCCC2)nn1. The van der Waals surface area contributed by atoms with Crippen LogP contribution in [0.2, 0.25) is 5.02 Å². The van der Waals surface area contributed by atoms with Gasteiger partial charge in [-0.15, -0.1) is 10.2 Å². The summed E-state index contributed by atoms with van der Waals surface area (Å²) >= 11 is 5.91. The van der Waals surface area contributed by atoms with Gasteiger partial charge in [0.25, 0.3) is 5.91 Å². The van der Waals surface area contributed by atoms with Crippen LogP contribution in [0.3, 0.4) is 0 Å². The maximum atomic E-state index is 12.2. The van der Waals surface area contributed by atoms with Crippen molar-refractivity contribution in [2.24, 2.45) is 0 Å². The summed E-state index contributed by atoms with van der Waals surface area (Å²) in [5.41, 5.74) is 1.93. The van der Waals surface area contributed by atoms with Crippen LogP contribution >= 0.6 is 11.6 Å². The van der Waals surface area contributed by atoms with Crippen molar-refractivity contribution in [1.82, 2.24) is 10.2 Å². The van der Waals surface area contributed by atoms with E-state index in [1.807, 2.05) is 13.0 Å². The van der Waals surface area contributed by atoms with Gasteiger partial charge in [-0.3, -0.25) is 4.79 Å². The molecule has 1 fully saturated rings. The molecule has 0 atom stereocenters. The summed E-state index contributed by atoms with van der Waals surface area (Å²) in [4.78, 5) is 14.4. The number of aromatic nitrogens is 2. The summed E-state index contributed by atoms with van der Waals surface area (Å²) < 4.78 is 0. The number of hydrogen-bond donors (Lipinski definition) is 1. The summed E-state index contributed by atoms with van der Waals surface area (Å²) in [7, 11) is 0. The standard InChI is InChI=1S/C16H17ClN4O/c1-11-10-12(17)4-5-13(11)18-16(22)14-6-7-15(20-19-14)21-8-2-3-9-21/h4-7,10H,2-3,8-9H2,1H3,(H,18,22). The zero-order valence-electron chi connectivity index (χ0n) is 12.3. The molecule has 0 radical (unpaired) electrons. The Morgan fingerprint density at radius 2 is 1.95 bits per heavy atom. The summed E-state index contributed by atoms with van der Waals surface area (Å²) in [5.74, 6) is 0.558. The molecule has 1 aliphatic heterocycles. The Morgan fingerprint density at radius 1 is 1.18 bits per heavy atom. The smallest absolute Gasteiger partial charge is 0.276 e. The number of anilines is 2. The second-order valence-electron chi connectivity index (χ2n) is 5.38. The highest BCUT2D eigenvalue weighted by Crippen LogP contribution is 2.20. The Hall–Kier alpha value is -2.14. The second-order valence-corrected chi connectivity index (χ2v) is 5.82. The highest BCUT2D eigenvalue weighted by molar-refractivity contribution is 6.30. The number of nitrogens with zero attached hydrogens (tertiary/aromatic N) is 3. The average Bonchev–Trinajstić information content (AvgIpc) is 3.04. The van der Waals surface area contributed by atoms with Gasteiger partial charge in [-0.1, -0.05) is 11.6 Å². The van der Waals surface area contributed by atoms with Crippen LogP contribution in [0.25, 0.3) is 0 Å². The van der Waals surface area contributed by atoms with Crippen LogP contribution in [0.1, 0.15) is 28.9 Å². The molecule has 1 aromatic carbocycles. The minimum Gasteiger partial charge on any atom is -0.355 e. The lowest BCUT2D eigenvalue weighted by molar-refractivity contribution is 0.102. The van der Waals surface area contributed by atoms with Crippen LogP contribution in [-0.2, 0) is 0 Å². The number of aryl methyl sites for hydroxylation is 1. The van der Waals surface area contributed by atoms with Gasteiger partial charge in [-0.25, -0.2) is 0 Å². The lowest BCUT2D eigenvalue weighted by atomic mass is 10.2. The van der Waals surface area contributed by atoms with Crippen molar-refractivity contribution >= 4 is 29.0 Å². The largest absolute Gasteiger partial charge is 0.355 e. The first-order valence-electron chi connectivity index (χ1n) is 7.30. The van der Waals surface area contributed by atoms with E-state index in [0.29, 0.717) is 10.7 Å². The fraction of sp³-hybridized carbons (Fsp3) is 0.312. The Kier molecular flexibility index (Phi) is 4.24. The molecular formula is C16H17ClN4O. The number of rotatable bonds is 3. The third-order valence-corrected chi connectivity index (χ3v) is 3.98. The van der Waals surface area contributed by atoms with Crippen LogP contribution in [0.15, 0.2) is 30.3 Å². The Balaban J connectivity index is 1.71. The van der Waals surface area contributed by atoms with Crippen molar-refractivity contribution in [2.75, 3.05) is 23.3 Å². The van der Waals surface area contributed by atoms with Gasteiger partial charge in [-0.2, -0.15) is 0 Å². The molecule has 0 aliphatic carbocycles. The van der Waals surface area contributed by atoms with Gasteiger partial charge in [0, 0.05) is 23.8 Å². The molecule has 0 unspecified atom stereocenters. The Bertz CT molecular complexity index is 681. The van der Waals surface area contributed by atoms with Gasteiger partial charge in [0.05, 0.1) is 0 Å². The number of halogens is 1. The predicted octanol–water partition coefficient (Wildman–Crippen LogP) is 3.29. The average molecular weight is 317 g/mol. The molecule has 1 N–H and O–H groups in total. The van der Waals surface area contributed by atoms with E-state index >= 15 is 0 Å². The van der Waals surface area contributed by atoms with E-state index in [9.17, 15) is 4.79 Å². The molecule has 2 heterocycles. The first kappa shape index (κ1) is 14.8. The molecule has 1 aromatic heterocycles. The third-order valence-electron chi connectivity index (χ3n) is 3.75. The van der Waals surface area contributed by atoms with Gasteiger partial charge in [-0.05, 0) is 55.7 Å². The van der Waals surface area contributed by atoms with E-state index < -0.39 is 0 Å². The molecule has 1 aliphatic rings. The topological polar surface area (TPSA) is 58.1 Å². The highest BCUT2D eigenvalue weighted by atomic mass is 35.5. The molecule has 3 rings (SSSR count). The summed E-state index contributed by atoms with van der Waals surface area (Å²) in [6, 6.07) is 8.89.